The topological polar surface area (TPSA) is 74.8 Å². The Bertz CT molecular complexity index is 1040. The van der Waals surface area contributed by atoms with Crippen LogP contribution in [0.3, 0.4) is 0 Å². The predicted molar refractivity (Wildman–Crippen MR) is 109 cm³/mol. The van der Waals surface area contributed by atoms with Gasteiger partial charge in [0.05, 0.1) is 4.90 Å². The van der Waals surface area contributed by atoms with Crippen molar-refractivity contribution in [1.29, 1.82) is 0 Å². The van der Waals surface area contributed by atoms with Crippen LogP contribution in [-0.2, 0) is 10.0 Å². The van der Waals surface area contributed by atoms with Gasteiger partial charge in [-0.25, -0.2) is 8.42 Å². The highest BCUT2D eigenvalue weighted by Crippen LogP contribution is 2.26. The van der Waals surface area contributed by atoms with Crippen LogP contribution in [0.25, 0.3) is 0 Å². The van der Waals surface area contributed by atoms with Crippen molar-refractivity contribution in [2.24, 2.45) is 0 Å². The molecule has 10 heteroatoms. The van der Waals surface area contributed by atoms with Gasteiger partial charge in [-0.05, 0) is 43.3 Å². The van der Waals surface area contributed by atoms with Gasteiger partial charge in [-0.1, -0.05) is 23.9 Å². The van der Waals surface area contributed by atoms with Crippen LogP contribution in [0.5, 0.6) is 0 Å². The van der Waals surface area contributed by atoms with E-state index in [-0.39, 0.29) is 42.8 Å². The maximum atomic E-state index is 12.9. The summed E-state index contributed by atoms with van der Waals surface area (Å²) in [5.41, 5.74) is 0.678. The highest BCUT2D eigenvalue weighted by molar-refractivity contribution is 7.99. The van der Waals surface area contributed by atoms with Gasteiger partial charge in [0, 0.05) is 42.2 Å². The summed E-state index contributed by atoms with van der Waals surface area (Å²) in [5, 5.41) is 0. The monoisotopic (exact) mass is 454 g/mol. The van der Waals surface area contributed by atoms with E-state index in [0.717, 1.165) is 0 Å². The quantitative estimate of drug-likeness (QED) is 0.494. The molecule has 0 unspecified atom stereocenters. The molecule has 1 fully saturated rings. The molecule has 0 bridgehead atoms. The lowest BCUT2D eigenvalue weighted by molar-refractivity contribution is 0.0697. The number of rotatable bonds is 6. The van der Waals surface area contributed by atoms with E-state index >= 15 is 0 Å². The van der Waals surface area contributed by atoms with Gasteiger partial charge in [0.1, 0.15) is 0 Å². The molecule has 3 rings (SSSR count). The first-order chi connectivity index (χ1) is 14.2. The van der Waals surface area contributed by atoms with E-state index in [2.05, 4.69) is 0 Å². The Morgan fingerprint density at radius 1 is 0.967 bits per heavy atom. The molecule has 0 spiro atoms. The SMILES string of the molecule is CC(=O)c1cccc(S(=O)(=O)N2CCN(C(=O)c3ccc(SC(F)F)cc3)CC2)c1. The molecular formula is C20H20F2N2O4S2. The zero-order valence-electron chi connectivity index (χ0n) is 16.1. The van der Waals surface area contributed by atoms with E-state index in [9.17, 15) is 26.8 Å². The van der Waals surface area contributed by atoms with Gasteiger partial charge in [-0.2, -0.15) is 13.1 Å². The number of benzene rings is 2. The fourth-order valence-corrected chi connectivity index (χ4v) is 5.09. The second-order valence-corrected chi connectivity index (χ2v) is 9.68. The average Bonchev–Trinajstić information content (AvgIpc) is 2.73. The lowest BCUT2D eigenvalue weighted by atomic mass is 10.2. The third-order valence-electron chi connectivity index (χ3n) is 4.73. The molecule has 30 heavy (non-hydrogen) atoms. The van der Waals surface area contributed by atoms with E-state index < -0.39 is 15.8 Å². The molecule has 6 nitrogen and oxygen atoms in total. The Morgan fingerprint density at radius 2 is 1.60 bits per heavy atom. The lowest BCUT2D eigenvalue weighted by Crippen LogP contribution is -2.50. The number of halogens is 2. The molecule has 1 aliphatic heterocycles. The summed E-state index contributed by atoms with van der Waals surface area (Å²) in [4.78, 5) is 26.1. The van der Waals surface area contributed by atoms with Gasteiger partial charge in [0.25, 0.3) is 11.7 Å². The van der Waals surface area contributed by atoms with Crippen LogP contribution >= 0.6 is 11.8 Å². The summed E-state index contributed by atoms with van der Waals surface area (Å²) in [6, 6.07) is 11.8. The van der Waals surface area contributed by atoms with Gasteiger partial charge in [0.15, 0.2) is 5.78 Å². The summed E-state index contributed by atoms with van der Waals surface area (Å²) < 4.78 is 51.9. The molecule has 1 heterocycles. The summed E-state index contributed by atoms with van der Waals surface area (Å²) in [7, 11) is -3.78. The molecule has 2 aromatic rings. The van der Waals surface area contributed by atoms with Crippen molar-refractivity contribution in [2.75, 3.05) is 26.2 Å². The van der Waals surface area contributed by atoms with Crippen molar-refractivity contribution in [3.8, 4) is 0 Å². The molecule has 0 aliphatic carbocycles. The number of hydrogen-bond acceptors (Lipinski definition) is 5. The van der Waals surface area contributed by atoms with Crippen LogP contribution in [0.1, 0.15) is 27.6 Å². The summed E-state index contributed by atoms with van der Waals surface area (Å²) in [6.07, 6.45) is 0. The van der Waals surface area contributed by atoms with E-state index in [1.54, 1.807) is 6.07 Å². The van der Waals surface area contributed by atoms with E-state index in [1.807, 2.05) is 0 Å². The van der Waals surface area contributed by atoms with Crippen molar-refractivity contribution >= 4 is 33.5 Å². The van der Waals surface area contributed by atoms with E-state index in [1.165, 1.54) is 58.6 Å². The summed E-state index contributed by atoms with van der Waals surface area (Å²) in [6.45, 7) is 2.03. The smallest absolute Gasteiger partial charge is 0.288 e. The number of sulfonamides is 1. The molecule has 2 aromatic carbocycles. The first-order valence-electron chi connectivity index (χ1n) is 9.14. The number of ketones is 1. The number of carbonyl (C=O) groups excluding carboxylic acids is 2. The highest BCUT2D eigenvalue weighted by atomic mass is 32.2. The Morgan fingerprint density at radius 3 is 2.17 bits per heavy atom. The van der Waals surface area contributed by atoms with Gasteiger partial charge in [-0.3, -0.25) is 9.59 Å². The van der Waals surface area contributed by atoms with Crippen LogP contribution in [0, 0.1) is 0 Å². The molecule has 0 atom stereocenters. The Labute approximate surface area is 177 Å². The first-order valence-corrected chi connectivity index (χ1v) is 11.5. The Balaban J connectivity index is 1.66. The summed E-state index contributed by atoms with van der Waals surface area (Å²) in [5.74, 6) is -3.03. The molecule has 1 amide bonds. The van der Waals surface area contributed by atoms with Crippen molar-refractivity contribution in [1.82, 2.24) is 9.21 Å². The minimum absolute atomic E-state index is 0.0436. The summed E-state index contributed by atoms with van der Waals surface area (Å²) >= 11 is 0.405. The number of hydrogen-bond donors (Lipinski definition) is 0. The molecule has 0 N–H and O–H groups in total. The van der Waals surface area contributed by atoms with Crippen LogP contribution < -0.4 is 0 Å². The zero-order chi connectivity index (χ0) is 21.9. The van der Waals surface area contributed by atoms with Crippen molar-refractivity contribution in [3.63, 3.8) is 0 Å². The second kappa shape index (κ2) is 9.23. The van der Waals surface area contributed by atoms with Crippen molar-refractivity contribution < 1.29 is 26.8 Å². The Kier molecular flexibility index (Phi) is 6.89. The maximum Gasteiger partial charge on any atom is 0.288 e. The number of carbonyl (C=O) groups is 2. The average molecular weight is 455 g/mol. The fourth-order valence-electron chi connectivity index (χ4n) is 3.12. The number of amides is 1. The molecular weight excluding hydrogens is 434 g/mol. The van der Waals surface area contributed by atoms with Crippen LogP contribution in [-0.4, -0.2) is 61.2 Å². The first kappa shape index (κ1) is 22.4. The molecule has 0 saturated carbocycles. The highest BCUT2D eigenvalue weighted by Gasteiger charge is 2.30. The fraction of sp³-hybridized carbons (Fsp3) is 0.300. The van der Waals surface area contributed by atoms with E-state index in [0.29, 0.717) is 27.8 Å². The molecule has 0 aromatic heterocycles. The van der Waals surface area contributed by atoms with Gasteiger partial charge < -0.3 is 4.90 Å². The zero-order valence-corrected chi connectivity index (χ0v) is 17.8. The lowest BCUT2D eigenvalue weighted by Gasteiger charge is -2.34. The van der Waals surface area contributed by atoms with E-state index in [4.69, 9.17) is 0 Å². The third-order valence-corrected chi connectivity index (χ3v) is 7.35. The number of nitrogens with zero attached hydrogens (tertiary/aromatic N) is 2. The minimum atomic E-state index is -3.78. The molecule has 0 radical (unpaired) electrons. The molecule has 160 valence electrons. The Hall–Kier alpha value is -2.30. The second-order valence-electron chi connectivity index (χ2n) is 6.68. The van der Waals surface area contributed by atoms with Gasteiger partial charge in [0.2, 0.25) is 10.0 Å². The standard InChI is InChI=1S/C20H20F2N2O4S2/c1-14(25)16-3-2-4-18(13-16)30(27,28)24-11-9-23(10-12-24)19(26)15-5-7-17(8-6-15)29-20(21)22/h2-8,13,20H,9-12H2,1H3. The van der Waals surface area contributed by atoms with Crippen LogP contribution in [0.4, 0.5) is 8.78 Å². The molecule has 1 aliphatic rings. The molecule has 1 saturated heterocycles. The minimum Gasteiger partial charge on any atom is -0.336 e. The van der Waals surface area contributed by atoms with Gasteiger partial charge in [-0.15, -0.1) is 0 Å². The largest absolute Gasteiger partial charge is 0.336 e. The predicted octanol–water partition coefficient (Wildman–Crippen LogP) is 3.35. The van der Waals surface area contributed by atoms with Crippen LogP contribution in [0.15, 0.2) is 58.3 Å². The third kappa shape index (κ3) is 5.05. The van der Waals surface area contributed by atoms with Crippen molar-refractivity contribution in [3.05, 3.63) is 59.7 Å². The number of piperazine rings is 1. The number of Topliss-reactive ketones (excluding diaryl/α,β-unsaturated/α-hetero) is 1. The van der Waals surface area contributed by atoms with Crippen molar-refractivity contribution in [2.45, 2.75) is 22.5 Å². The van der Waals surface area contributed by atoms with Crippen LogP contribution in [0.2, 0.25) is 0 Å². The normalized spacial score (nSPS) is 15.4. The number of alkyl halides is 2. The van der Waals surface area contributed by atoms with Gasteiger partial charge >= 0.3 is 0 Å². The number of thioether (sulfide) groups is 1. The maximum absolute atomic E-state index is 12.9.